The van der Waals surface area contributed by atoms with Crippen molar-refractivity contribution < 1.29 is 14.3 Å². The summed E-state index contributed by atoms with van der Waals surface area (Å²) in [6.07, 6.45) is 0.965. The van der Waals surface area contributed by atoms with Crippen LogP contribution in [0.1, 0.15) is 38.9 Å². The van der Waals surface area contributed by atoms with Gasteiger partial charge in [0.15, 0.2) is 0 Å². The molecule has 0 bridgehead atoms. The predicted molar refractivity (Wildman–Crippen MR) is 73.3 cm³/mol. The largest absolute Gasteiger partial charge is 0.463 e. The van der Waals surface area contributed by atoms with Gasteiger partial charge in [0.1, 0.15) is 12.4 Å². The van der Waals surface area contributed by atoms with Crippen LogP contribution in [0, 0.1) is 0 Å². The zero-order valence-corrected chi connectivity index (χ0v) is 12.5. The summed E-state index contributed by atoms with van der Waals surface area (Å²) in [7, 11) is 0. The predicted octanol–water partition coefficient (Wildman–Crippen LogP) is 1.99. The van der Waals surface area contributed by atoms with Crippen LogP contribution in [0.3, 0.4) is 0 Å². The highest BCUT2D eigenvalue weighted by atomic mass is 32.2. The van der Waals surface area contributed by atoms with E-state index in [1.165, 1.54) is 11.8 Å². The Kier molecular flexibility index (Phi) is 7.50. The molecule has 0 saturated heterocycles. The molecule has 1 rings (SSSR count). The van der Waals surface area contributed by atoms with Crippen LogP contribution >= 0.6 is 11.8 Å². The van der Waals surface area contributed by atoms with Crippen LogP contribution in [0.15, 0.2) is 5.16 Å². The Morgan fingerprint density at radius 1 is 1.37 bits per heavy atom. The molecule has 0 aliphatic rings. The first-order valence-corrected chi connectivity index (χ1v) is 7.40. The second-order valence-electron chi connectivity index (χ2n) is 4.28. The van der Waals surface area contributed by atoms with Gasteiger partial charge in [-0.25, -0.2) is 4.98 Å². The van der Waals surface area contributed by atoms with Crippen molar-refractivity contribution in [2.24, 2.45) is 0 Å². The van der Waals surface area contributed by atoms with Gasteiger partial charge in [0.25, 0.3) is 0 Å². The first-order chi connectivity index (χ1) is 9.13. The summed E-state index contributed by atoms with van der Waals surface area (Å²) in [5.41, 5.74) is 0. The fourth-order valence-electron chi connectivity index (χ4n) is 1.21. The molecule has 0 saturated carbocycles. The Balaban J connectivity index is 2.15. The topological polar surface area (TPSA) is 77.1 Å². The fourth-order valence-corrected chi connectivity index (χ4v) is 1.81. The van der Waals surface area contributed by atoms with Gasteiger partial charge in [-0.15, -0.1) is 5.10 Å². The third kappa shape index (κ3) is 6.58. The number of nitrogens with one attached hydrogen (secondary N) is 1. The third-order valence-electron chi connectivity index (χ3n) is 2.19. The minimum absolute atomic E-state index is 0.211. The van der Waals surface area contributed by atoms with E-state index in [2.05, 4.69) is 15.2 Å². The van der Waals surface area contributed by atoms with Gasteiger partial charge in [-0.2, -0.15) is 0 Å². The van der Waals surface area contributed by atoms with Gasteiger partial charge in [-0.05, 0) is 6.42 Å². The molecule has 0 amide bonds. The number of nitrogens with zero attached hydrogens (tertiary/aromatic N) is 2. The standard InChI is InChI=1S/C12H21N3O3S/c1-4-5-17-6-7-18-10(16)8-19-12-13-11(9(2)3)14-15-12/h9H,4-8H2,1-3H3,(H,13,14,15). The second kappa shape index (κ2) is 8.92. The van der Waals surface area contributed by atoms with E-state index in [1.54, 1.807) is 0 Å². The maximum absolute atomic E-state index is 11.4. The molecular weight excluding hydrogens is 266 g/mol. The fraction of sp³-hybridized carbons (Fsp3) is 0.750. The lowest BCUT2D eigenvalue weighted by molar-refractivity contribution is -0.141. The van der Waals surface area contributed by atoms with Crippen LogP contribution in [0.25, 0.3) is 0 Å². The average Bonchev–Trinajstić information content (AvgIpc) is 2.85. The smallest absolute Gasteiger partial charge is 0.316 e. The molecule has 1 heterocycles. The number of hydrogen-bond donors (Lipinski definition) is 1. The average molecular weight is 287 g/mol. The molecule has 0 fully saturated rings. The van der Waals surface area contributed by atoms with Gasteiger partial charge in [0.2, 0.25) is 5.16 Å². The van der Waals surface area contributed by atoms with E-state index >= 15 is 0 Å². The molecule has 1 aromatic rings. The first kappa shape index (κ1) is 16.0. The monoisotopic (exact) mass is 287 g/mol. The molecule has 1 N–H and O–H groups in total. The Morgan fingerprint density at radius 3 is 2.79 bits per heavy atom. The molecule has 0 atom stereocenters. The van der Waals surface area contributed by atoms with Crippen LogP contribution in [-0.4, -0.2) is 46.7 Å². The number of aromatic amines is 1. The summed E-state index contributed by atoms with van der Waals surface area (Å²) in [5.74, 6) is 1.05. The summed E-state index contributed by atoms with van der Waals surface area (Å²) in [6.45, 7) is 7.53. The Hall–Kier alpha value is -1.08. The molecule has 0 aliphatic heterocycles. The van der Waals surface area contributed by atoms with Crippen LogP contribution in [-0.2, 0) is 14.3 Å². The minimum Gasteiger partial charge on any atom is -0.463 e. The number of carbonyl (C=O) groups excluding carboxylic acids is 1. The molecule has 19 heavy (non-hydrogen) atoms. The third-order valence-corrected chi connectivity index (χ3v) is 3.01. The van der Waals surface area contributed by atoms with E-state index in [0.717, 1.165) is 12.2 Å². The van der Waals surface area contributed by atoms with Crippen LogP contribution in [0.5, 0.6) is 0 Å². The highest BCUT2D eigenvalue weighted by Gasteiger charge is 2.10. The quantitative estimate of drug-likeness (QED) is 0.425. The zero-order chi connectivity index (χ0) is 14.1. The number of carbonyl (C=O) groups is 1. The first-order valence-electron chi connectivity index (χ1n) is 6.42. The van der Waals surface area contributed by atoms with Crippen molar-refractivity contribution in [2.75, 3.05) is 25.6 Å². The van der Waals surface area contributed by atoms with Crippen molar-refractivity contribution in [1.29, 1.82) is 0 Å². The maximum atomic E-state index is 11.4. The van der Waals surface area contributed by atoms with Gasteiger partial charge < -0.3 is 9.47 Å². The van der Waals surface area contributed by atoms with E-state index in [0.29, 0.717) is 30.9 Å². The number of ether oxygens (including phenoxy) is 2. The van der Waals surface area contributed by atoms with Crippen LogP contribution in [0.4, 0.5) is 0 Å². The summed E-state index contributed by atoms with van der Waals surface area (Å²) in [5, 5.41) is 7.44. The Bertz CT molecular complexity index is 382. The summed E-state index contributed by atoms with van der Waals surface area (Å²) >= 11 is 1.27. The van der Waals surface area contributed by atoms with Gasteiger partial charge in [0, 0.05) is 12.5 Å². The van der Waals surface area contributed by atoms with Crippen molar-refractivity contribution in [3.8, 4) is 0 Å². The van der Waals surface area contributed by atoms with E-state index < -0.39 is 0 Å². The highest BCUT2D eigenvalue weighted by Crippen LogP contribution is 2.15. The lowest BCUT2D eigenvalue weighted by Gasteiger charge is -2.04. The number of rotatable bonds is 9. The number of hydrogen-bond acceptors (Lipinski definition) is 6. The SMILES string of the molecule is CCCOCCOC(=O)CSc1n[nH]c(C(C)C)n1. The molecule has 0 aromatic carbocycles. The van der Waals surface area contributed by atoms with Crippen molar-refractivity contribution >= 4 is 17.7 Å². The second-order valence-corrected chi connectivity index (χ2v) is 5.22. The molecule has 7 heteroatoms. The van der Waals surface area contributed by atoms with E-state index in [4.69, 9.17) is 9.47 Å². The van der Waals surface area contributed by atoms with E-state index in [9.17, 15) is 4.79 Å². The van der Waals surface area contributed by atoms with Crippen LogP contribution in [0.2, 0.25) is 0 Å². The Morgan fingerprint density at radius 2 is 2.16 bits per heavy atom. The van der Waals surface area contributed by atoms with Gasteiger partial charge >= 0.3 is 5.97 Å². The normalized spacial score (nSPS) is 10.9. The minimum atomic E-state index is -0.277. The molecule has 0 spiro atoms. The van der Waals surface area contributed by atoms with Crippen molar-refractivity contribution in [3.05, 3.63) is 5.82 Å². The molecule has 1 aromatic heterocycles. The van der Waals surface area contributed by atoms with Crippen molar-refractivity contribution in [3.63, 3.8) is 0 Å². The summed E-state index contributed by atoms with van der Waals surface area (Å²) < 4.78 is 10.2. The maximum Gasteiger partial charge on any atom is 0.316 e. The molecular formula is C12H21N3O3S. The van der Waals surface area contributed by atoms with Gasteiger partial charge in [-0.3, -0.25) is 9.89 Å². The molecule has 108 valence electrons. The number of H-pyrrole nitrogens is 1. The molecule has 0 radical (unpaired) electrons. The van der Waals surface area contributed by atoms with Crippen molar-refractivity contribution in [1.82, 2.24) is 15.2 Å². The van der Waals surface area contributed by atoms with E-state index in [1.807, 2.05) is 20.8 Å². The summed E-state index contributed by atoms with van der Waals surface area (Å²) in [6, 6.07) is 0. The van der Waals surface area contributed by atoms with E-state index in [-0.39, 0.29) is 11.7 Å². The highest BCUT2D eigenvalue weighted by molar-refractivity contribution is 7.99. The molecule has 6 nitrogen and oxygen atoms in total. The lowest BCUT2D eigenvalue weighted by Crippen LogP contribution is -2.12. The van der Waals surface area contributed by atoms with Gasteiger partial charge in [-0.1, -0.05) is 32.5 Å². The number of aromatic nitrogens is 3. The summed E-state index contributed by atoms with van der Waals surface area (Å²) in [4.78, 5) is 15.7. The van der Waals surface area contributed by atoms with Gasteiger partial charge in [0.05, 0.1) is 12.4 Å². The Labute approximate surface area is 117 Å². The zero-order valence-electron chi connectivity index (χ0n) is 11.6. The van der Waals surface area contributed by atoms with Crippen molar-refractivity contribution in [2.45, 2.75) is 38.3 Å². The number of esters is 1. The lowest BCUT2D eigenvalue weighted by atomic mass is 10.2. The number of thioether (sulfide) groups is 1. The molecule has 0 unspecified atom stereocenters. The van der Waals surface area contributed by atoms with Crippen LogP contribution < -0.4 is 0 Å². The molecule has 0 aliphatic carbocycles.